The van der Waals surface area contributed by atoms with E-state index in [2.05, 4.69) is 0 Å². The van der Waals surface area contributed by atoms with E-state index in [0.29, 0.717) is 118 Å². The van der Waals surface area contributed by atoms with Gasteiger partial charge in [-0.3, -0.25) is 0 Å². The van der Waals surface area contributed by atoms with Gasteiger partial charge in [0.25, 0.3) is 0 Å². The Morgan fingerprint density at radius 2 is 0.368 bits per heavy atom. The number of para-hydroxylation sites is 6. The van der Waals surface area contributed by atoms with Gasteiger partial charge in [0.1, 0.15) is 0 Å². The Bertz CT molecular complexity index is 3910. The summed E-state index contributed by atoms with van der Waals surface area (Å²) in [5, 5.41) is 108. The van der Waals surface area contributed by atoms with Crippen LogP contribution >= 0.6 is 0 Å². The molecule has 18 nitrogen and oxygen atoms in total. The molecule has 0 atom stereocenters. The minimum Gasteiger partial charge on any atom is -0.493 e. The molecule has 13 rings (SSSR count). The van der Waals surface area contributed by atoms with Crippen molar-refractivity contribution in [2.45, 2.75) is 59.3 Å². The molecule has 0 aliphatic heterocycles. The standard InChI is InChI=1S/C69H60N12O6/c1-40-55(64(82)76(70-40)49-25-13-7-14-26-49)61(56-41(2)71-77(65(56)83)50-27-15-8-16-28-50)46-37-47(62(57-42(3)72-78(66(57)84)51-29-17-9-18-30-51)58-43(4)73-79(67(58)85)52-31-19-10-20-32-52)39-48(38-46)63(59-44(5)74-80(68(59)86)53-33-21-11-22-34-53)60-45(6)75-81(69(60)87)54-35-23-12-24-36-54/h7-39,61-63,82-87H,1-6H3. The number of rotatable bonds is 15. The van der Waals surface area contributed by atoms with Gasteiger partial charge >= 0.3 is 0 Å². The van der Waals surface area contributed by atoms with Gasteiger partial charge in [-0.1, -0.05) is 127 Å². The number of hydrogen-bond donors (Lipinski definition) is 6. The van der Waals surface area contributed by atoms with Crippen LogP contribution in [0.2, 0.25) is 0 Å². The van der Waals surface area contributed by atoms with E-state index < -0.39 is 17.8 Å². The number of aryl methyl sites for hydroxylation is 6. The lowest BCUT2D eigenvalue weighted by Crippen LogP contribution is -2.13. The van der Waals surface area contributed by atoms with Gasteiger partial charge in [-0.2, -0.15) is 30.6 Å². The molecule has 0 bridgehead atoms. The number of nitrogens with zero attached hydrogens (tertiary/aromatic N) is 12. The van der Waals surface area contributed by atoms with Crippen LogP contribution in [0.1, 0.15) is 102 Å². The highest BCUT2D eigenvalue weighted by molar-refractivity contribution is 5.64. The van der Waals surface area contributed by atoms with Gasteiger partial charge < -0.3 is 30.6 Å². The van der Waals surface area contributed by atoms with Crippen LogP contribution in [0.4, 0.5) is 0 Å². The van der Waals surface area contributed by atoms with Crippen LogP contribution in [0.5, 0.6) is 35.3 Å². The fraction of sp³-hybridized carbons (Fsp3) is 0.130. The number of aromatic nitrogens is 12. The summed E-state index contributed by atoms with van der Waals surface area (Å²) in [6, 6.07) is 61.2. The second-order valence-electron chi connectivity index (χ2n) is 21.7. The Balaban J connectivity index is 1.19. The Morgan fingerprint density at radius 1 is 0.230 bits per heavy atom. The van der Waals surface area contributed by atoms with E-state index in [0.717, 1.165) is 0 Å². The van der Waals surface area contributed by atoms with Crippen LogP contribution in [0.3, 0.4) is 0 Å². The molecule has 18 heteroatoms. The van der Waals surface area contributed by atoms with E-state index in [1.54, 1.807) is 41.5 Å². The topological polar surface area (TPSA) is 228 Å². The Morgan fingerprint density at radius 3 is 0.506 bits per heavy atom. The smallest absolute Gasteiger partial charge is 0.218 e. The first kappa shape index (κ1) is 54.8. The molecular weight excluding hydrogens is 1090 g/mol. The van der Waals surface area contributed by atoms with Crippen LogP contribution in [0.25, 0.3) is 34.1 Å². The summed E-state index contributed by atoms with van der Waals surface area (Å²) in [4.78, 5) is 0. The zero-order chi connectivity index (χ0) is 60.4. The number of benzene rings is 7. The molecule has 0 aliphatic carbocycles. The maximum atomic E-state index is 13.0. The zero-order valence-corrected chi connectivity index (χ0v) is 48.3. The maximum absolute atomic E-state index is 13.0. The summed E-state index contributed by atoms with van der Waals surface area (Å²) in [6.45, 7) is 10.8. The largest absolute Gasteiger partial charge is 0.493 e. The molecule has 0 fully saturated rings. The molecule has 0 spiro atoms. The normalized spacial score (nSPS) is 11.7. The molecule has 87 heavy (non-hydrogen) atoms. The van der Waals surface area contributed by atoms with Gasteiger partial charge in [-0.25, -0.2) is 28.1 Å². The molecule has 6 N–H and O–H groups in total. The van der Waals surface area contributed by atoms with Gasteiger partial charge in [0.2, 0.25) is 35.3 Å². The SMILES string of the molecule is Cc1nn(-c2ccccc2)c(O)c1C(c1cc(C(c2c(C)nn(-c3ccccc3)c2O)c2c(C)nn(-c3ccccc3)c2O)cc(C(c2c(C)nn(-c3ccccc3)c2O)c2c(C)nn(-c3ccccc3)c2O)c1)c1c(C)nn(-c2ccccc2)c1O. The van der Waals surface area contributed by atoms with Gasteiger partial charge in [-0.05, 0) is 131 Å². The molecule has 0 saturated carbocycles. The summed E-state index contributed by atoms with van der Waals surface area (Å²) in [7, 11) is 0. The molecular formula is C69H60N12O6. The van der Waals surface area contributed by atoms with Crippen molar-refractivity contribution in [3.63, 3.8) is 0 Å². The molecule has 0 radical (unpaired) electrons. The lowest BCUT2D eigenvalue weighted by Gasteiger charge is -2.26. The van der Waals surface area contributed by atoms with Crippen molar-refractivity contribution in [2.75, 3.05) is 0 Å². The van der Waals surface area contributed by atoms with E-state index in [1.807, 2.05) is 200 Å². The monoisotopic (exact) mass is 1150 g/mol. The van der Waals surface area contributed by atoms with Crippen LogP contribution < -0.4 is 0 Å². The van der Waals surface area contributed by atoms with Gasteiger partial charge in [0.15, 0.2) is 0 Å². The van der Waals surface area contributed by atoms with Crippen molar-refractivity contribution in [1.29, 1.82) is 0 Å². The zero-order valence-electron chi connectivity index (χ0n) is 48.3. The Labute approximate surface area is 500 Å². The summed E-state index contributed by atoms with van der Waals surface area (Å²) in [5.41, 5.74) is 9.21. The van der Waals surface area contributed by atoms with Crippen molar-refractivity contribution >= 4 is 0 Å². The van der Waals surface area contributed by atoms with E-state index in [-0.39, 0.29) is 35.3 Å². The fourth-order valence-corrected chi connectivity index (χ4v) is 12.3. The van der Waals surface area contributed by atoms with Crippen LogP contribution in [-0.4, -0.2) is 89.3 Å². The molecule has 0 amide bonds. The van der Waals surface area contributed by atoms with E-state index >= 15 is 0 Å². The predicted octanol–water partition coefficient (Wildman–Crippen LogP) is 12.4. The minimum absolute atomic E-state index is 0.222. The highest BCUT2D eigenvalue weighted by Gasteiger charge is 2.40. The van der Waals surface area contributed by atoms with Crippen molar-refractivity contribution < 1.29 is 30.6 Å². The first-order valence-electron chi connectivity index (χ1n) is 28.4. The third kappa shape index (κ3) is 9.39. The molecule has 6 aromatic heterocycles. The third-order valence-electron chi connectivity index (χ3n) is 16.2. The third-order valence-corrected chi connectivity index (χ3v) is 16.2. The lowest BCUT2D eigenvalue weighted by molar-refractivity contribution is 0.420. The second-order valence-corrected chi connectivity index (χ2v) is 21.7. The first-order valence-corrected chi connectivity index (χ1v) is 28.4. The van der Waals surface area contributed by atoms with Crippen molar-refractivity contribution in [1.82, 2.24) is 58.7 Å². The molecule has 432 valence electrons. The average Bonchev–Trinajstić information content (AvgIpc) is 2.36. The lowest BCUT2D eigenvalue weighted by atomic mass is 9.76. The molecule has 0 aliphatic rings. The van der Waals surface area contributed by atoms with E-state index in [9.17, 15) is 30.6 Å². The van der Waals surface area contributed by atoms with Crippen molar-refractivity contribution in [2.24, 2.45) is 0 Å². The number of aromatic hydroxyl groups is 6. The molecule has 0 unspecified atom stereocenters. The Kier molecular flexibility index (Phi) is 13.8. The molecule has 0 saturated heterocycles. The fourth-order valence-electron chi connectivity index (χ4n) is 12.3. The minimum atomic E-state index is -1.12. The number of hydrogen-bond acceptors (Lipinski definition) is 12. The molecule has 13 aromatic rings. The van der Waals surface area contributed by atoms with Crippen molar-refractivity contribution in [3.8, 4) is 69.4 Å². The van der Waals surface area contributed by atoms with Crippen molar-refractivity contribution in [3.05, 3.63) is 284 Å². The molecule has 7 aromatic carbocycles. The van der Waals surface area contributed by atoms with Gasteiger partial charge in [-0.15, -0.1) is 0 Å². The Hall–Kier alpha value is -11.4. The second kappa shape index (κ2) is 22.0. The summed E-state index contributed by atoms with van der Waals surface area (Å²) in [5.74, 6) is -4.69. The molecule has 6 heterocycles. The maximum Gasteiger partial charge on any atom is 0.218 e. The highest BCUT2D eigenvalue weighted by atomic mass is 16.3. The summed E-state index contributed by atoms with van der Waals surface area (Å²) >= 11 is 0. The van der Waals surface area contributed by atoms with Crippen LogP contribution in [0, 0.1) is 41.5 Å². The summed E-state index contributed by atoms with van der Waals surface area (Å²) < 4.78 is 8.75. The predicted molar refractivity (Wildman–Crippen MR) is 329 cm³/mol. The van der Waals surface area contributed by atoms with Crippen LogP contribution in [-0.2, 0) is 0 Å². The van der Waals surface area contributed by atoms with E-state index in [1.165, 1.54) is 28.1 Å². The summed E-state index contributed by atoms with van der Waals surface area (Å²) in [6.07, 6.45) is 0. The van der Waals surface area contributed by atoms with Gasteiger partial charge in [0.05, 0.1) is 68.3 Å². The average molecular weight is 1150 g/mol. The quantitative estimate of drug-likeness (QED) is 0.0563. The van der Waals surface area contributed by atoms with Gasteiger partial charge in [0, 0.05) is 51.1 Å². The highest BCUT2D eigenvalue weighted by Crippen LogP contribution is 2.52. The van der Waals surface area contributed by atoms with E-state index in [4.69, 9.17) is 30.6 Å². The van der Waals surface area contributed by atoms with Crippen LogP contribution in [0.15, 0.2) is 200 Å². The first-order chi connectivity index (χ1) is 42.2.